The quantitative estimate of drug-likeness (QED) is 0.0262. The molecule has 0 aromatic carbocycles. The molecule has 0 bridgehead atoms. The van der Waals surface area contributed by atoms with Gasteiger partial charge in [0.15, 0.2) is 6.10 Å². The number of ether oxygens (including phenoxy) is 3. The van der Waals surface area contributed by atoms with Crippen LogP contribution in [0.25, 0.3) is 0 Å². The van der Waals surface area contributed by atoms with Crippen LogP contribution in [0.15, 0.2) is 109 Å². The van der Waals surface area contributed by atoms with Gasteiger partial charge >= 0.3 is 17.9 Å². The van der Waals surface area contributed by atoms with E-state index in [2.05, 4.69) is 118 Å². The molecule has 0 N–H and O–H groups in total. The second-order valence-electron chi connectivity index (χ2n) is 18.1. The van der Waals surface area contributed by atoms with Crippen LogP contribution in [0.3, 0.4) is 0 Å². The van der Waals surface area contributed by atoms with Crippen LogP contribution in [-0.2, 0) is 28.6 Å². The summed E-state index contributed by atoms with van der Waals surface area (Å²) in [4.78, 5) is 38.0. The van der Waals surface area contributed by atoms with Crippen molar-refractivity contribution in [3.05, 3.63) is 109 Å². The van der Waals surface area contributed by atoms with Gasteiger partial charge in [-0.25, -0.2) is 0 Å². The zero-order valence-corrected chi connectivity index (χ0v) is 44.1. The third-order valence-corrected chi connectivity index (χ3v) is 11.5. The fraction of sp³-hybridized carbons (Fsp3) is 0.661. The first-order valence-electron chi connectivity index (χ1n) is 27.9. The van der Waals surface area contributed by atoms with Crippen molar-refractivity contribution in [3.63, 3.8) is 0 Å². The summed E-state index contributed by atoms with van der Waals surface area (Å²) in [6.45, 7) is 6.37. The van der Waals surface area contributed by atoms with Crippen molar-refractivity contribution in [2.45, 2.75) is 252 Å². The van der Waals surface area contributed by atoms with Crippen molar-refractivity contribution in [3.8, 4) is 0 Å². The number of carbonyl (C=O) groups excluding carboxylic acids is 3. The van der Waals surface area contributed by atoms with Gasteiger partial charge in [0.1, 0.15) is 13.2 Å². The van der Waals surface area contributed by atoms with E-state index in [0.717, 1.165) is 96.3 Å². The Morgan fingerprint density at radius 2 is 0.632 bits per heavy atom. The molecule has 6 nitrogen and oxygen atoms in total. The number of unbranched alkanes of at least 4 members (excludes halogenated alkanes) is 21. The molecule has 0 fully saturated rings. The minimum absolute atomic E-state index is 0.0899. The highest BCUT2D eigenvalue weighted by Gasteiger charge is 2.19. The smallest absolute Gasteiger partial charge is 0.310 e. The summed E-state index contributed by atoms with van der Waals surface area (Å²) in [5.74, 6) is -1.08. The highest BCUT2D eigenvalue weighted by Crippen LogP contribution is 2.14. The minimum Gasteiger partial charge on any atom is -0.462 e. The van der Waals surface area contributed by atoms with Crippen molar-refractivity contribution in [1.29, 1.82) is 0 Å². The van der Waals surface area contributed by atoms with Gasteiger partial charge in [0.25, 0.3) is 0 Å². The SMILES string of the molecule is CC/C=C\C/C=C\C/C=C\C/C=C\C/C=C\CC(=O)OC(COC(=O)CCCCCCC/C=C\C/C=C\CCCC)COC(=O)CCCCCCCCCCC/C=C\C/C=C\CCCCCCC. The molecule has 0 aliphatic heterocycles. The van der Waals surface area contributed by atoms with E-state index in [-0.39, 0.29) is 31.6 Å². The molecule has 0 radical (unpaired) electrons. The first kappa shape index (κ1) is 64.1. The number of carbonyl (C=O) groups is 3. The third kappa shape index (κ3) is 53.0. The van der Waals surface area contributed by atoms with E-state index in [0.29, 0.717) is 19.3 Å². The van der Waals surface area contributed by atoms with Gasteiger partial charge in [-0.1, -0.05) is 233 Å². The number of hydrogen-bond acceptors (Lipinski definition) is 6. The van der Waals surface area contributed by atoms with Gasteiger partial charge in [-0.05, 0) is 103 Å². The van der Waals surface area contributed by atoms with E-state index in [1.807, 2.05) is 6.08 Å². The summed E-state index contributed by atoms with van der Waals surface area (Å²) in [5.41, 5.74) is 0. The molecular weight excluding hydrogens is 841 g/mol. The topological polar surface area (TPSA) is 78.9 Å². The number of hydrogen-bond donors (Lipinski definition) is 0. The van der Waals surface area contributed by atoms with Gasteiger partial charge in [0, 0.05) is 12.8 Å². The molecule has 0 spiro atoms. The Balaban J connectivity index is 4.48. The van der Waals surface area contributed by atoms with Gasteiger partial charge in [0.2, 0.25) is 0 Å². The monoisotopic (exact) mass is 943 g/mol. The predicted molar refractivity (Wildman–Crippen MR) is 293 cm³/mol. The first-order chi connectivity index (χ1) is 33.5. The van der Waals surface area contributed by atoms with Crippen LogP contribution >= 0.6 is 0 Å². The van der Waals surface area contributed by atoms with E-state index in [4.69, 9.17) is 14.2 Å². The zero-order valence-electron chi connectivity index (χ0n) is 44.1. The Morgan fingerprint density at radius 1 is 0.324 bits per heavy atom. The maximum Gasteiger partial charge on any atom is 0.310 e. The van der Waals surface area contributed by atoms with Crippen LogP contribution in [0.2, 0.25) is 0 Å². The van der Waals surface area contributed by atoms with Crippen molar-refractivity contribution < 1.29 is 28.6 Å². The molecular formula is C62H102O6. The van der Waals surface area contributed by atoms with E-state index >= 15 is 0 Å². The average Bonchev–Trinajstić information content (AvgIpc) is 3.34. The maximum absolute atomic E-state index is 12.8. The van der Waals surface area contributed by atoms with Crippen molar-refractivity contribution >= 4 is 17.9 Å². The second-order valence-corrected chi connectivity index (χ2v) is 18.1. The van der Waals surface area contributed by atoms with Gasteiger partial charge in [-0.15, -0.1) is 0 Å². The Bertz CT molecular complexity index is 1410. The maximum atomic E-state index is 12.8. The van der Waals surface area contributed by atoms with Crippen LogP contribution < -0.4 is 0 Å². The molecule has 0 rings (SSSR count). The van der Waals surface area contributed by atoms with Crippen LogP contribution in [0.5, 0.6) is 0 Å². The molecule has 0 aliphatic rings. The molecule has 68 heavy (non-hydrogen) atoms. The van der Waals surface area contributed by atoms with Gasteiger partial charge < -0.3 is 14.2 Å². The van der Waals surface area contributed by atoms with E-state index in [1.165, 1.54) is 103 Å². The molecule has 1 unspecified atom stereocenters. The average molecular weight is 943 g/mol. The summed E-state index contributed by atoms with van der Waals surface area (Å²) in [6.07, 6.45) is 75.3. The van der Waals surface area contributed by atoms with Gasteiger partial charge in [-0.2, -0.15) is 0 Å². The Morgan fingerprint density at radius 3 is 1.01 bits per heavy atom. The number of rotatable bonds is 49. The lowest BCUT2D eigenvalue weighted by molar-refractivity contribution is -0.166. The van der Waals surface area contributed by atoms with E-state index < -0.39 is 12.1 Å². The largest absolute Gasteiger partial charge is 0.462 e. The van der Waals surface area contributed by atoms with Crippen LogP contribution in [-0.4, -0.2) is 37.2 Å². The Labute approximate surface area is 419 Å². The molecule has 0 saturated carbocycles. The summed E-state index contributed by atoms with van der Waals surface area (Å²) in [5, 5.41) is 0. The highest BCUT2D eigenvalue weighted by atomic mass is 16.6. The lowest BCUT2D eigenvalue weighted by atomic mass is 10.1. The standard InChI is InChI=1S/C62H102O6/c1-4-7-10-13-16-19-22-25-28-29-30-31-32-33-35-37-40-43-46-49-52-55-61(64)67-58-59(57-66-60(63)54-51-48-45-42-39-36-27-24-21-18-15-12-9-6-3)68-62(65)56-53-50-47-44-41-38-34-26-23-20-17-14-11-8-5-2/h8,11,15,17-18,20,22,24-27,29-30,34,41,44,50,53,59H,4-7,9-10,12-14,16,19,21,23,28,31-33,35-40,42-43,45-49,51-52,54-58H2,1-3H3/b11-8-,18-15-,20-17-,25-22-,27-24-,30-29-,34-26-,44-41-,53-50-. The highest BCUT2D eigenvalue weighted by molar-refractivity contribution is 5.72. The van der Waals surface area contributed by atoms with Crippen molar-refractivity contribution in [2.75, 3.05) is 13.2 Å². The normalized spacial score (nSPS) is 12.9. The van der Waals surface area contributed by atoms with Crippen LogP contribution in [0.1, 0.15) is 245 Å². The molecule has 0 saturated heterocycles. The Hall–Kier alpha value is -3.93. The van der Waals surface area contributed by atoms with Gasteiger partial charge in [-0.3, -0.25) is 14.4 Å². The summed E-state index contributed by atoms with van der Waals surface area (Å²) in [7, 11) is 0. The molecule has 0 aromatic heterocycles. The van der Waals surface area contributed by atoms with Crippen LogP contribution in [0.4, 0.5) is 0 Å². The lowest BCUT2D eigenvalue weighted by Gasteiger charge is -2.18. The fourth-order valence-electron chi connectivity index (χ4n) is 7.33. The summed E-state index contributed by atoms with van der Waals surface area (Å²) < 4.78 is 16.7. The first-order valence-corrected chi connectivity index (χ1v) is 27.9. The molecule has 6 heteroatoms. The molecule has 386 valence electrons. The molecule has 0 aromatic rings. The summed E-state index contributed by atoms with van der Waals surface area (Å²) in [6, 6.07) is 0. The second kappa shape index (κ2) is 55.7. The summed E-state index contributed by atoms with van der Waals surface area (Å²) >= 11 is 0. The fourth-order valence-corrected chi connectivity index (χ4v) is 7.33. The number of esters is 3. The Kier molecular flexibility index (Phi) is 52.4. The lowest BCUT2D eigenvalue weighted by Crippen LogP contribution is -2.30. The van der Waals surface area contributed by atoms with Gasteiger partial charge in [0.05, 0.1) is 6.42 Å². The van der Waals surface area contributed by atoms with E-state index in [9.17, 15) is 14.4 Å². The van der Waals surface area contributed by atoms with E-state index in [1.54, 1.807) is 6.08 Å². The number of allylic oxidation sites excluding steroid dienone is 17. The molecule has 0 heterocycles. The molecule has 0 amide bonds. The molecule has 0 aliphatic carbocycles. The minimum atomic E-state index is -0.842. The molecule has 1 atom stereocenters. The van der Waals surface area contributed by atoms with Crippen molar-refractivity contribution in [1.82, 2.24) is 0 Å². The zero-order chi connectivity index (χ0) is 49.3. The third-order valence-electron chi connectivity index (χ3n) is 11.5. The van der Waals surface area contributed by atoms with Crippen LogP contribution in [0, 0.1) is 0 Å². The predicted octanol–water partition coefficient (Wildman–Crippen LogP) is 18.7. The van der Waals surface area contributed by atoms with Crippen molar-refractivity contribution in [2.24, 2.45) is 0 Å².